The van der Waals surface area contributed by atoms with Crippen LogP contribution in [0.1, 0.15) is 23.6 Å². The van der Waals surface area contributed by atoms with E-state index in [0.29, 0.717) is 12.1 Å². The molecule has 0 heterocycles. The summed E-state index contributed by atoms with van der Waals surface area (Å²) in [6, 6.07) is 9.38. The summed E-state index contributed by atoms with van der Waals surface area (Å²) in [4.78, 5) is 0. The minimum absolute atomic E-state index is 0.171. The Kier molecular flexibility index (Phi) is 4.97. The summed E-state index contributed by atoms with van der Waals surface area (Å²) in [6.45, 7) is 7.47. The number of nitrogens with one attached hydrogen (secondary N) is 1. The first-order valence-corrected chi connectivity index (χ1v) is 7.21. The van der Waals surface area contributed by atoms with Gasteiger partial charge in [-0.2, -0.15) is 0 Å². The molecule has 1 N–H and O–H groups in total. The quantitative estimate of drug-likeness (QED) is 0.888. The van der Waals surface area contributed by atoms with Crippen LogP contribution in [-0.4, -0.2) is 13.7 Å². The number of methoxy groups -OCH3 is 1. The fraction of sp³-hybridized carbons (Fsp3) is 0.333. The van der Waals surface area contributed by atoms with E-state index in [1.165, 1.54) is 0 Å². The lowest BCUT2D eigenvalue weighted by Crippen LogP contribution is -2.13. The molecule has 21 heavy (non-hydrogen) atoms. The number of benzene rings is 2. The number of hydrogen-bond acceptors (Lipinski definition) is 2. The molecule has 0 aliphatic heterocycles. The van der Waals surface area contributed by atoms with Crippen molar-refractivity contribution in [2.45, 2.75) is 27.3 Å². The van der Waals surface area contributed by atoms with Gasteiger partial charge >= 0.3 is 0 Å². The van der Waals surface area contributed by atoms with Crippen LogP contribution in [-0.2, 0) is 6.54 Å². The maximum atomic E-state index is 14.4. The molecule has 0 aliphatic carbocycles. The highest BCUT2D eigenvalue weighted by molar-refractivity contribution is 5.72. The van der Waals surface area contributed by atoms with Crippen LogP contribution < -0.4 is 10.1 Å². The first-order chi connectivity index (χ1) is 10.1. The van der Waals surface area contributed by atoms with Crippen LogP contribution in [0.4, 0.5) is 4.39 Å². The van der Waals surface area contributed by atoms with Crippen molar-refractivity contribution >= 4 is 0 Å². The smallest absolute Gasteiger partial charge is 0.131 e. The lowest BCUT2D eigenvalue weighted by Gasteiger charge is -2.15. The lowest BCUT2D eigenvalue weighted by molar-refractivity contribution is 0.414. The van der Waals surface area contributed by atoms with Gasteiger partial charge in [0.1, 0.15) is 11.6 Å². The van der Waals surface area contributed by atoms with Crippen LogP contribution in [0.3, 0.4) is 0 Å². The Morgan fingerprint density at radius 2 is 1.90 bits per heavy atom. The molecule has 0 aromatic heterocycles. The molecular formula is C18H22FNO. The Morgan fingerprint density at radius 3 is 2.52 bits per heavy atom. The fourth-order valence-corrected chi connectivity index (χ4v) is 2.60. The molecule has 0 fully saturated rings. The fourth-order valence-electron chi connectivity index (χ4n) is 2.60. The second-order valence-corrected chi connectivity index (χ2v) is 5.24. The van der Waals surface area contributed by atoms with Gasteiger partial charge in [-0.15, -0.1) is 0 Å². The molecule has 2 aromatic carbocycles. The molecule has 3 heteroatoms. The van der Waals surface area contributed by atoms with E-state index in [1.807, 2.05) is 38.1 Å². The van der Waals surface area contributed by atoms with Crippen molar-refractivity contribution < 1.29 is 9.13 Å². The van der Waals surface area contributed by atoms with E-state index >= 15 is 0 Å². The zero-order valence-electron chi connectivity index (χ0n) is 13.1. The van der Waals surface area contributed by atoms with Crippen LogP contribution in [0.15, 0.2) is 30.3 Å². The molecule has 0 aliphatic rings. The van der Waals surface area contributed by atoms with Gasteiger partial charge in [-0.25, -0.2) is 4.39 Å². The van der Waals surface area contributed by atoms with Gasteiger partial charge in [-0.05, 0) is 60.8 Å². The average Bonchev–Trinajstić information content (AvgIpc) is 2.44. The normalized spacial score (nSPS) is 10.7. The number of ether oxygens (including phenoxy) is 1. The lowest BCUT2D eigenvalue weighted by atomic mass is 9.94. The number of aryl methyl sites for hydroxylation is 2. The molecule has 0 unspecified atom stereocenters. The molecule has 112 valence electrons. The van der Waals surface area contributed by atoms with Gasteiger partial charge in [-0.3, -0.25) is 0 Å². The van der Waals surface area contributed by atoms with Crippen LogP contribution in [0.5, 0.6) is 5.75 Å². The van der Waals surface area contributed by atoms with Crippen molar-refractivity contribution in [1.29, 1.82) is 0 Å². The SMILES string of the molecule is CCNCc1cc(OC)ccc1-c1c(C)cc(C)cc1F. The topological polar surface area (TPSA) is 21.3 Å². The van der Waals surface area contributed by atoms with Crippen LogP contribution in [0.2, 0.25) is 0 Å². The minimum Gasteiger partial charge on any atom is -0.497 e. The molecular weight excluding hydrogens is 265 g/mol. The summed E-state index contributed by atoms with van der Waals surface area (Å²) in [5, 5.41) is 3.30. The number of rotatable bonds is 5. The number of hydrogen-bond donors (Lipinski definition) is 1. The molecule has 2 rings (SSSR count). The van der Waals surface area contributed by atoms with Gasteiger partial charge in [-0.1, -0.05) is 19.1 Å². The Hall–Kier alpha value is -1.87. The minimum atomic E-state index is -0.171. The predicted octanol–water partition coefficient (Wildman–Crippen LogP) is 4.23. The van der Waals surface area contributed by atoms with Gasteiger partial charge in [0.05, 0.1) is 7.11 Å². The van der Waals surface area contributed by atoms with Gasteiger partial charge in [0.2, 0.25) is 0 Å². The molecule has 2 nitrogen and oxygen atoms in total. The Balaban J connectivity index is 2.57. The molecule has 0 saturated heterocycles. The van der Waals surface area contributed by atoms with Crippen molar-refractivity contribution in [3.8, 4) is 16.9 Å². The Morgan fingerprint density at radius 1 is 1.14 bits per heavy atom. The molecule has 0 bridgehead atoms. The zero-order chi connectivity index (χ0) is 15.4. The molecule has 0 spiro atoms. The first-order valence-electron chi connectivity index (χ1n) is 7.21. The first kappa shape index (κ1) is 15.5. The second-order valence-electron chi connectivity index (χ2n) is 5.24. The van der Waals surface area contributed by atoms with E-state index in [1.54, 1.807) is 13.2 Å². The van der Waals surface area contributed by atoms with E-state index in [4.69, 9.17) is 4.74 Å². The van der Waals surface area contributed by atoms with Crippen molar-refractivity contribution in [1.82, 2.24) is 5.32 Å². The standard InChI is InChI=1S/C18H22FNO/c1-5-20-11-14-10-15(21-4)6-7-16(14)18-13(3)8-12(2)9-17(18)19/h6-10,20H,5,11H2,1-4H3. The summed E-state index contributed by atoms with van der Waals surface area (Å²) < 4.78 is 19.7. The summed E-state index contributed by atoms with van der Waals surface area (Å²) in [6.07, 6.45) is 0. The highest BCUT2D eigenvalue weighted by Gasteiger charge is 2.14. The highest BCUT2D eigenvalue weighted by Crippen LogP contribution is 2.32. The Bertz CT molecular complexity index is 614. The summed E-state index contributed by atoms with van der Waals surface area (Å²) in [5.41, 5.74) is 4.54. The van der Waals surface area contributed by atoms with Crippen molar-refractivity contribution in [3.63, 3.8) is 0 Å². The average molecular weight is 287 g/mol. The predicted molar refractivity (Wildman–Crippen MR) is 85.2 cm³/mol. The maximum absolute atomic E-state index is 14.4. The summed E-state index contributed by atoms with van der Waals surface area (Å²) in [5.74, 6) is 0.618. The van der Waals surface area contributed by atoms with E-state index in [2.05, 4.69) is 12.2 Å². The molecule has 0 amide bonds. The van der Waals surface area contributed by atoms with Crippen molar-refractivity contribution in [3.05, 3.63) is 52.8 Å². The molecule has 0 atom stereocenters. The third kappa shape index (κ3) is 3.42. The highest BCUT2D eigenvalue weighted by atomic mass is 19.1. The van der Waals surface area contributed by atoms with Crippen molar-refractivity contribution in [2.24, 2.45) is 0 Å². The Labute approximate surface area is 126 Å². The summed E-state index contributed by atoms with van der Waals surface area (Å²) >= 11 is 0. The largest absolute Gasteiger partial charge is 0.497 e. The van der Waals surface area contributed by atoms with E-state index in [0.717, 1.165) is 34.5 Å². The van der Waals surface area contributed by atoms with Gasteiger partial charge < -0.3 is 10.1 Å². The van der Waals surface area contributed by atoms with Crippen LogP contribution >= 0.6 is 0 Å². The van der Waals surface area contributed by atoms with Crippen molar-refractivity contribution in [2.75, 3.05) is 13.7 Å². The number of halogens is 1. The molecule has 0 saturated carbocycles. The third-order valence-corrected chi connectivity index (χ3v) is 3.58. The second kappa shape index (κ2) is 6.72. The van der Waals surface area contributed by atoms with E-state index in [9.17, 15) is 4.39 Å². The monoisotopic (exact) mass is 287 g/mol. The van der Waals surface area contributed by atoms with Gasteiger partial charge in [0, 0.05) is 12.1 Å². The summed E-state index contributed by atoms with van der Waals surface area (Å²) in [7, 11) is 1.64. The van der Waals surface area contributed by atoms with E-state index in [-0.39, 0.29) is 5.82 Å². The third-order valence-electron chi connectivity index (χ3n) is 3.58. The zero-order valence-corrected chi connectivity index (χ0v) is 13.1. The van der Waals surface area contributed by atoms with Crippen LogP contribution in [0, 0.1) is 19.7 Å². The van der Waals surface area contributed by atoms with Gasteiger partial charge in [0.15, 0.2) is 0 Å². The van der Waals surface area contributed by atoms with E-state index < -0.39 is 0 Å². The molecule has 2 aromatic rings. The molecule has 0 radical (unpaired) electrons. The van der Waals surface area contributed by atoms with Gasteiger partial charge in [0.25, 0.3) is 0 Å². The van der Waals surface area contributed by atoms with Crippen LogP contribution in [0.25, 0.3) is 11.1 Å². The maximum Gasteiger partial charge on any atom is 0.131 e.